The van der Waals surface area contributed by atoms with Gasteiger partial charge in [-0.05, 0) is 24.5 Å². The van der Waals surface area contributed by atoms with Crippen molar-refractivity contribution < 1.29 is 14.7 Å². The van der Waals surface area contributed by atoms with Gasteiger partial charge in [-0.15, -0.1) is 0 Å². The Hall–Kier alpha value is -2.04. The van der Waals surface area contributed by atoms with E-state index in [-0.39, 0.29) is 11.0 Å². The van der Waals surface area contributed by atoms with Crippen molar-refractivity contribution in [2.75, 3.05) is 11.9 Å². The lowest BCUT2D eigenvalue weighted by Crippen LogP contribution is -2.35. The molecule has 0 saturated heterocycles. The highest BCUT2D eigenvalue weighted by Gasteiger charge is 2.15. The first-order valence-corrected chi connectivity index (χ1v) is 6.08. The SMILES string of the molecule is Cc1ccc(NC(=O)NCC(C)(C)C)c(C(=O)O)c1. The summed E-state index contributed by atoms with van der Waals surface area (Å²) < 4.78 is 0. The van der Waals surface area contributed by atoms with Crippen molar-refractivity contribution in [2.45, 2.75) is 27.7 Å². The highest BCUT2D eigenvalue weighted by atomic mass is 16.4. The molecule has 0 aliphatic heterocycles. The molecule has 2 amide bonds. The van der Waals surface area contributed by atoms with E-state index in [0.29, 0.717) is 12.2 Å². The van der Waals surface area contributed by atoms with Crippen LogP contribution in [-0.4, -0.2) is 23.7 Å². The van der Waals surface area contributed by atoms with Gasteiger partial charge in [-0.1, -0.05) is 32.4 Å². The van der Waals surface area contributed by atoms with Crippen LogP contribution < -0.4 is 10.6 Å². The Balaban J connectivity index is 2.77. The summed E-state index contributed by atoms with van der Waals surface area (Å²) >= 11 is 0. The number of rotatable bonds is 3. The Morgan fingerprint density at radius 1 is 1.26 bits per heavy atom. The first kappa shape index (κ1) is 15.0. The summed E-state index contributed by atoms with van der Waals surface area (Å²) in [6, 6.07) is 4.48. The lowest BCUT2D eigenvalue weighted by atomic mass is 9.97. The van der Waals surface area contributed by atoms with Crippen LogP contribution in [0.3, 0.4) is 0 Å². The lowest BCUT2D eigenvalue weighted by Gasteiger charge is -2.19. The summed E-state index contributed by atoms with van der Waals surface area (Å²) in [6.07, 6.45) is 0. The normalized spacial score (nSPS) is 10.9. The summed E-state index contributed by atoms with van der Waals surface area (Å²) in [5.74, 6) is -1.06. The maximum atomic E-state index is 11.7. The minimum absolute atomic E-state index is 0.0275. The summed E-state index contributed by atoms with van der Waals surface area (Å²) in [4.78, 5) is 22.8. The molecule has 1 aromatic rings. The van der Waals surface area contributed by atoms with Gasteiger partial charge in [-0.3, -0.25) is 0 Å². The average molecular weight is 264 g/mol. The van der Waals surface area contributed by atoms with Crippen molar-refractivity contribution in [1.29, 1.82) is 0 Å². The first-order chi connectivity index (χ1) is 8.69. The van der Waals surface area contributed by atoms with Gasteiger partial charge >= 0.3 is 12.0 Å². The fraction of sp³-hybridized carbons (Fsp3) is 0.429. The van der Waals surface area contributed by atoms with E-state index in [4.69, 9.17) is 5.11 Å². The molecule has 0 atom stereocenters. The second kappa shape index (κ2) is 5.73. The summed E-state index contributed by atoms with van der Waals surface area (Å²) in [6.45, 7) is 8.31. The number of carbonyl (C=O) groups excluding carboxylic acids is 1. The molecule has 0 aliphatic carbocycles. The zero-order valence-corrected chi connectivity index (χ0v) is 11.7. The van der Waals surface area contributed by atoms with Crippen molar-refractivity contribution in [3.8, 4) is 0 Å². The average Bonchev–Trinajstić information content (AvgIpc) is 2.28. The number of carboxylic acids is 1. The molecule has 0 heterocycles. The van der Waals surface area contributed by atoms with Crippen molar-refractivity contribution in [3.05, 3.63) is 29.3 Å². The van der Waals surface area contributed by atoms with Gasteiger partial charge in [0.1, 0.15) is 0 Å². The molecule has 0 saturated carbocycles. The number of aromatic carboxylic acids is 1. The van der Waals surface area contributed by atoms with E-state index in [9.17, 15) is 9.59 Å². The third-order valence-electron chi connectivity index (χ3n) is 2.43. The van der Waals surface area contributed by atoms with Gasteiger partial charge in [-0.2, -0.15) is 0 Å². The minimum atomic E-state index is -1.06. The fourth-order valence-corrected chi connectivity index (χ4v) is 1.46. The van der Waals surface area contributed by atoms with E-state index in [0.717, 1.165) is 5.56 Å². The van der Waals surface area contributed by atoms with Crippen molar-refractivity contribution in [2.24, 2.45) is 5.41 Å². The van der Waals surface area contributed by atoms with Crippen LogP contribution in [0.2, 0.25) is 0 Å². The number of aryl methyl sites for hydroxylation is 1. The highest BCUT2D eigenvalue weighted by molar-refractivity contribution is 6.00. The number of amides is 2. The molecule has 1 rings (SSSR count). The van der Waals surface area contributed by atoms with Gasteiger partial charge in [-0.25, -0.2) is 9.59 Å². The van der Waals surface area contributed by atoms with Crippen LogP contribution in [0.4, 0.5) is 10.5 Å². The van der Waals surface area contributed by atoms with Crippen molar-refractivity contribution in [3.63, 3.8) is 0 Å². The largest absolute Gasteiger partial charge is 0.478 e. The molecule has 0 unspecified atom stereocenters. The Morgan fingerprint density at radius 2 is 1.89 bits per heavy atom. The molecule has 0 aliphatic rings. The summed E-state index contributed by atoms with van der Waals surface area (Å²) in [5.41, 5.74) is 1.19. The maximum absolute atomic E-state index is 11.7. The maximum Gasteiger partial charge on any atom is 0.337 e. The van der Waals surface area contributed by atoms with E-state index in [1.165, 1.54) is 6.07 Å². The third kappa shape index (κ3) is 4.99. The van der Waals surface area contributed by atoms with Gasteiger partial charge in [0.2, 0.25) is 0 Å². The smallest absolute Gasteiger partial charge is 0.337 e. The van der Waals surface area contributed by atoms with Gasteiger partial charge in [0.25, 0.3) is 0 Å². The second-order valence-corrected chi connectivity index (χ2v) is 5.72. The molecule has 5 nitrogen and oxygen atoms in total. The lowest BCUT2D eigenvalue weighted by molar-refractivity contribution is 0.0698. The number of carbonyl (C=O) groups is 2. The number of carboxylic acid groups (broad SMARTS) is 1. The Labute approximate surface area is 113 Å². The van der Waals surface area contributed by atoms with E-state index >= 15 is 0 Å². The molecule has 3 N–H and O–H groups in total. The van der Waals surface area contributed by atoms with Crippen LogP contribution in [-0.2, 0) is 0 Å². The number of urea groups is 1. The molecule has 0 bridgehead atoms. The first-order valence-electron chi connectivity index (χ1n) is 6.08. The monoisotopic (exact) mass is 264 g/mol. The summed E-state index contributed by atoms with van der Waals surface area (Å²) in [5, 5.41) is 14.4. The minimum Gasteiger partial charge on any atom is -0.478 e. The molecular formula is C14H20N2O3. The molecule has 5 heteroatoms. The van der Waals surface area contributed by atoms with Crippen LogP contribution in [0, 0.1) is 12.3 Å². The number of nitrogens with one attached hydrogen (secondary N) is 2. The van der Waals surface area contributed by atoms with Gasteiger partial charge in [0, 0.05) is 6.54 Å². The Morgan fingerprint density at radius 3 is 2.42 bits per heavy atom. The molecular weight excluding hydrogens is 244 g/mol. The molecule has 19 heavy (non-hydrogen) atoms. The van der Waals surface area contributed by atoms with Gasteiger partial charge in [0.15, 0.2) is 0 Å². The zero-order valence-electron chi connectivity index (χ0n) is 11.7. The standard InChI is InChI=1S/C14H20N2O3/c1-9-5-6-11(10(7-9)12(17)18)16-13(19)15-8-14(2,3)4/h5-7H,8H2,1-4H3,(H,17,18)(H2,15,16,19). The van der Waals surface area contributed by atoms with Crippen molar-refractivity contribution in [1.82, 2.24) is 5.32 Å². The highest BCUT2D eigenvalue weighted by Crippen LogP contribution is 2.17. The third-order valence-corrected chi connectivity index (χ3v) is 2.43. The molecule has 0 radical (unpaired) electrons. The molecule has 0 fully saturated rings. The summed E-state index contributed by atoms with van der Waals surface area (Å²) in [7, 11) is 0. The number of hydrogen-bond acceptors (Lipinski definition) is 2. The van der Waals surface area contributed by atoms with Crippen LogP contribution in [0.15, 0.2) is 18.2 Å². The molecule has 1 aromatic carbocycles. The Kier molecular flexibility index (Phi) is 4.53. The van der Waals surface area contributed by atoms with Crippen LogP contribution in [0.1, 0.15) is 36.7 Å². The second-order valence-electron chi connectivity index (χ2n) is 5.72. The van der Waals surface area contributed by atoms with Crippen molar-refractivity contribution >= 4 is 17.7 Å². The molecule has 0 aromatic heterocycles. The number of anilines is 1. The van der Waals surface area contributed by atoms with E-state index < -0.39 is 12.0 Å². The van der Waals surface area contributed by atoms with E-state index in [1.54, 1.807) is 19.1 Å². The number of hydrogen-bond donors (Lipinski definition) is 3. The van der Waals surface area contributed by atoms with Crippen LogP contribution >= 0.6 is 0 Å². The topological polar surface area (TPSA) is 78.4 Å². The van der Waals surface area contributed by atoms with E-state index in [2.05, 4.69) is 10.6 Å². The number of benzene rings is 1. The van der Waals surface area contributed by atoms with Crippen LogP contribution in [0.5, 0.6) is 0 Å². The van der Waals surface area contributed by atoms with Gasteiger partial charge < -0.3 is 15.7 Å². The zero-order chi connectivity index (χ0) is 14.6. The van der Waals surface area contributed by atoms with Crippen LogP contribution in [0.25, 0.3) is 0 Å². The quantitative estimate of drug-likeness (QED) is 0.785. The predicted octanol–water partition coefficient (Wildman–Crippen LogP) is 2.86. The fourth-order valence-electron chi connectivity index (χ4n) is 1.46. The van der Waals surface area contributed by atoms with E-state index in [1.807, 2.05) is 20.8 Å². The van der Waals surface area contributed by atoms with Gasteiger partial charge in [0.05, 0.1) is 11.3 Å². The molecule has 104 valence electrons. The Bertz CT molecular complexity index is 490. The molecule has 0 spiro atoms. The predicted molar refractivity (Wildman–Crippen MR) is 74.6 cm³/mol.